The summed E-state index contributed by atoms with van der Waals surface area (Å²) in [5.41, 5.74) is 9.94. The van der Waals surface area contributed by atoms with Gasteiger partial charge in [-0.15, -0.1) is 0 Å². The van der Waals surface area contributed by atoms with E-state index < -0.39 is 16.6 Å². The van der Waals surface area contributed by atoms with Crippen LogP contribution in [0.4, 0.5) is 20.4 Å². The van der Waals surface area contributed by atoms with Gasteiger partial charge < -0.3 is 20.1 Å². The molecule has 0 aromatic carbocycles. The smallest absolute Gasteiger partial charge is 0.329 e. The molecule has 230 valence electrons. The zero-order chi connectivity index (χ0) is 30.8. The van der Waals surface area contributed by atoms with Crippen LogP contribution in [0.5, 0.6) is 0 Å². The Morgan fingerprint density at radius 2 is 1.88 bits per heavy atom. The van der Waals surface area contributed by atoms with Gasteiger partial charge >= 0.3 is 6.55 Å². The number of anilines is 2. The van der Waals surface area contributed by atoms with Crippen molar-refractivity contribution in [1.29, 1.82) is 0 Å². The third kappa shape index (κ3) is 5.42. The molecule has 0 radical (unpaired) electrons. The number of fused-ring (bicyclic) bond motifs is 2. The fraction of sp³-hybridized carbons (Fsp3) is 0.483. The number of sulfonamides is 1. The lowest BCUT2D eigenvalue weighted by atomic mass is 10.1. The van der Waals surface area contributed by atoms with Crippen molar-refractivity contribution in [3.8, 4) is 11.4 Å². The molecule has 4 aromatic heterocycles. The topological polar surface area (TPSA) is 122 Å². The molecule has 2 fully saturated rings. The molecule has 0 unspecified atom stereocenters. The number of rotatable bonds is 8. The van der Waals surface area contributed by atoms with E-state index in [9.17, 15) is 22.0 Å². The van der Waals surface area contributed by atoms with Crippen LogP contribution in [0.25, 0.3) is 28.1 Å². The highest BCUT2D eigenvalue weighted by atomic mass is 32.2. The van der Waals surface area contributed by atoms with Gasteiger partial charge in [-0.05, 0) is 68.9 Å². The first kappa shape index (κ1) is 29.3. The number of halogens is 2. The van der Waals surface area contributed by atoms with Gasteiger partial charge in [-0.1, -0.05) is 0 Å². The number of pyridine rings is 2. The van der Waals surface area contributed by atoms with E-state index in [2.05, 4.69) is 4.98 Å². The van der Waals surface area contributed by atoms with Crippen molar-refractivity contribution in [1.82, 2.24) is 23.8 Å². The Morgan fingerprint density at radius 3 is 2.51 bits per heavy atom. The summed E-state index contributed by atoms with van der Waals surface area (Å²) < 4.78 is 56.0. The lowest BCUT2D eigenvalue weighted by molar-refractivity contribution is 0.0708. The van der Waals surface area contributed by atoms with Gasteiger partial charge in [0.25, 0.3) is 5.91 Å². The van der Waals surface area contributed by atoms with Crippen molar-refractivity contribution in [2.75, 3.05) is 42.6 Å². The van der Waals surface area contributed by atoms with Crippen LogP contribution in [0, 0.1) is 12.8 Å². The molecule has 0 spiro atoms. The Hall–Kier alpha value is -3.78. The first-order valence-corrected chi connectivity index (χ1v) is 16.2. The van der Waals surface area contributed by atoms with E-state index in [0.717, 1.165) is 49.1 Å². The minimum atomic E-state index is -4.26. The van der Waals surface area contributed by atoms with E-state index in [-0.39, 0.29) is 22.1 Å². The number of hydrogen-bond acceptors (Lipinski definition) is 7. The second-order valence-electron chi connectivity index (χ2n) is 11.9. The Bertz CT molecular complexity index is 1830. The maximum absolute atomic E-state index is 13.8. The number of piperidine rings is 1. The summed E-state index contributed by atoms with van der Waals surface area (Å²) in [6.07, 6.45) is 4.56. The van der Waals surface area contributed by atoms with Crippen LogP contribution < -0.4 is 14.9 Å². The summed E-state index contributed by atoms with van der Waals surface area (Å²) in [7, 11) is -0.445. The van der Waals surface area contributed by atoms with Crippen LogP contribution in [0.1, 0.15) is 41.7 Å². The van der Waals surface area contributed by atoms with Crippen molar-refractivity contribution in [3.63, 3.8) is 0 Å². The second-order valence-corrected chi connectivity index (χ2v) is 13.8. The van der Waals surface area contributed by atoms with Crippen LogP contribution in [-0.2, 0) is 16.6 Å². The largest absolute Gasteiger partial charge is 0.364 e. The first-order valence-electron chi connectivity index (χ1n) is 14.4. The zero-order valence-corrected chi connectivity index (χ0v) is 25.5. The molecular weight excluding hydrogens is 578 g/mol. The number of alkyl halides is 2. The fourth-order valence-electron chi connectivity index (χ4n) is 5.96. The van der Waals surface area contributed by atoms with E-state index in [0.29, 0.717) is 53.5 Å². The number of carbonyl (C=O) groups excluding carboxylic acids is 1. The quantitative estimate of drug-likeness (QED) is 0.301. The predicted molar refractivity (Wildman–Crippen MR) is 162 cm³/mol. The third-order valence-electron chi connectivity index (χ3n) is 8.25. The van der Waals surface area contributed by atoms with Crippen LogP contribution in [0.15, 0.2) is 30.3 Å². The van der Waals surface area contributed by atoms with Crippen molar-refractivity contribution < 1.29 is 22.0 Å². The predicted octanol–water partition coefficient (Wildman–Crippen LogP) is 3.69. The second kappa shape index (κ2) is 10.7. The van der Waals surface area contributed by atoms with E-state index in [1.54, 1.807) is 17.0 Å². The van der Waals surface area contributed by atoms with Gasteiger partial charge in [0.05, 0.1) is 17.6 Å². The molecule has 4 aromatic rings. The van der Waals surface area contributed by atoms with Crippen LogP contribution in [0.3, 0.4) is 0 Å². The van der Waals surface area contributed by atoms with Crippen molar-refractivity contribution >= 4 is 44.2 Å². The summed E-state index contributed by atoms with van der Waals surface area (Å²) in [6, 6.07) is 8.44. The van der Waals surface area contributed by atoms with Gasteiger partial charge in [-0.25, -0.2) is 18.4 Å². The molecule has 5 heterocycles. The molecular formula is C29H36F2N8O3S. The number of hydrogen-bond donors (Lipinski definition) is 1. The average Bonchev–Trinajstić information content (AvgIpc) is 3.61. The Labute approximate surface area is 248 Å². The lowest BCUT2D eigenvalue weighted by Gasteiger charge is -2.31. The zero-order valence-electron chi connectivity index (χ0n) is 24.7. The highest BCUT2D eigenvalue weighted by Crippen LogP contribution is 2.38. The van der Waals surface area contributed by atoms with E-state index >= 15 is 0 Å². The lowest BCUT2D eigenvalue weighted by Crippen LogP contribution is -2.45. The average molecular weight is 615 g/mol. The molecule has 2 aliphatic rings. The van der Waals surface area contributed by atoms with Gasteiger partial charge in [-0.2, -0.15) is 13.1 Å². The van der Waals surface area contributed by atoms with Crippen LogP contribution in [0.2, 0.25) is 0 Å². The normalized spacial score (nSPS) is 17.8. The molecule has 1 saturated carbocycles. The monoisotopic (exact) mass is 614 g/mol. The number of aromatic nitrogens is 4. The number of nitrogens with two attached hydrogens (primary N) is 1. The summed E-state index contributed by atoms with van der Waals surface area (Å²) in [5, 5.41) is 0.684. The van der Waals surface area contributed by atoms with Crippen molar-refractivity contribution in [3.05, 3.63) is 41.6 Å². The number of likely N-dealkylation sites (tertiary alicyclic amines) is 1. The molecule has 1 aliphatic carbocycles. The summed E-state index contributed by atoms with van der Waals surface area (Å²) in [5.74, 6) is 0.756. The van der Waals surface area contributed by atoms with Gasteiger partial charge in [0, 0.05) is 50.7 Å². The molecule has 1 aliphatic heterocycles. The molecule has 6 rings (SSSR count). The number of nitrogens with zero attached hydrogens (tertiary/aromatic N) is 7. The van der Waals surface area contributed by atoms with Crippen LogP contribution >= 0.6 is 0 Å². The number of carbonyl (C=O) groups is 1. The number of aryl methyl sites for hydroxylation is 1. The van der Waals surface area contributed by atoms with Crippen molar-refractivity contribution in [2.24, 2.45) is 11.7 Å². The molecule has 2 N–H and O–H groups in total. The van der Waals surface area contributed by atoms with E-state index in [4.69, 9.17) is 10.7 Å². The number of amides is 1. The first-order chi connectivity index (χ1) is 20.3. The molecule has 1 amide bonds. The Balaban J connectivity index is 1.51. The highest BCUT2D eigenvalue weighted by molar-refractivity contribution is 7.92. The highest BCUT2D eigenvalue weighted by Gasteiger charge is 2.31. The van der Waals surface area contributed by atoms with Crippen LogP contribution in [-0.4, -0.2) is 84.2 Å². The molecule has 1 saturated heterocycles. The molecule has 11 nitrogen and oxygen atoms in total. The van der Waals surface area contributed by atoms with Gasteiger partial charge in [0.2, 0.25) is 10.0 Å². The molecule has 14 heteroatoms. The third-order valence-corrected chi connectivity index (χ3v) is 9.31. The summed E-state index contributed by atoms with van der Waals surface area (Å²) in [6.45, 7) is 0.447. The van der Waals surface area contributed by atoms with E-state index in [1.165, 1.54) is 6.07 Å². The van der Waals surface area contributed by atoms with Crippen molar-refractivity contribution in [2.45, 2.75) is 51.7 Å². The van der Waals surface area contributed by atoms with Gasteiger partial charge in [-0.3, -0.25) is 9.20 Å². The maximum atomic E-state index is 13.8. The molecule has 43 heavy (non-hydrogen) atoms. The number of imidazole rings is 1. The standard InChI is InChI=1S/C29H36F2N8O3S/c1-17-26(33-24-13-20(14-25(35(2)3)38(17)24)28(40)36-11-5-6-21(32)16-36)22-12-19-9-10-23(39(29(30)31)43(4,41)42)34-27(19)37(22)15-18-7-8-18/h9-10,12-14,18,21,29H,5-8,11,15-16,32H2,1-4H3/t21-/m1/s1. The summed E-state index contributed by atoms with van der Waals surface area (Å²) >= 11 is 0. The minimum Gasteiger partial charge on any atom is -0.364 e. The molecule has 0 bridgehead atoms. The Kier molecular flexibility index (Phi) is 7.32. The summed E-state index contributed by atoms with van der Waals surface area (Å²) in [4.78, 5) is 26.7. The van der Waals surface area contributed by atoms with Gasteiger partial charge in [0.15, 0.2) is 0 Å². The maximum Gasteiger partial charge on any atom is 0.329 e. The molecule has 1 atom stereocenters. The fourth-order valence-corrected chi connectivity index (χ4v) is 6.69. The SMILES string of the molecule is Cc1c(-c2cc3ccc(N(C(F)F)S(C)(=O)=O)nc3n2CC2CC2)nc2cc(C(=O)N3CCC[C@@H](N)C3)cc(N(C)C)n12. The van der Waals surface area contributed by atoms with Gasteiger partial charge in [0.1, 0.15) is 28.6 Å². The Morgan fingerprint density at radius 1 is 1.14 bits per heavy atom. The minimum absolute atomic E-state index is 0.0356. The van der Waals surface area contributed by atoms with E-state index in [1.807, 2.05) is 47.0 Å².